The van der Waals surface area contributed by atoms with E-state index >= 15 is 0 Å². The Morgan fingerprint density at radius 1 is 1.06 bits per heavy atom. The molecule has 0 bridgehead atoms. The summed E-state index contributed by atoms with van der Waals surface area (Å²) in [5, 5.41) is 41.0. The molecule has 34 heavy (non-hydrogen) atoms. The van der Waals surface area contributed by atoms with Gasteiger partial charge in [-0.05, 0) is 23.6 Å². The molecule has 1 aromatic heterocycles. The molecule has 4 unspecified atom stereocenters. The van der Waals surface area contributed by atoms with Gasteiger partial charge in [0, 0.05) is 39.7 Å². The second kappa shape index (κ2) is 17.1. The molecule has 0 spiro atoms. The zero-order valence-corrected chi connectivity index (χ0v) is 22.9. The molecule has 6 N–H and O–H groups in total. The number of hydrogen-bond donors (Lipinski definition) is 3. The van der Waals surface area contributed by atoms with E-state index in [2.05, 4.69) is 35.3 Å². The number of allylic oxidation sites excluding steroid dienone is 2. The van der Waals surface area contributed by atoms with Gasteiger partial charge in [0.25, 0.3) is 5.09 Å². The average molecular weight is 580 g/mol. The van der Waals surface area contributed by atoms with Crippen LogP contribution in [0.25, 0.3) is 16.0 Å². The summed E-state index contributed by atoms with van der Waals surface area (Å²) in [5.74, 6) is 0.527. The van der Waals surface area contributed by atoms with Crippen LogP contribution in [-0.4, -0.2) is 62.0 Å². The van der Waals surface area contributed by atoms with E-state index in [1.165, 1.54) is 24.8 Å². The molecule has 0 saturated carbocycles. The molecule has 4 heterocycles. The van der Waals surface area contributed by atoms with E-state index in [1.54, 1.807) is 0 Å². The summed E-state index contributed by atoms with van der Waals surface area (Å²) in [5.41, 5.74) is 2.54. The van der Waals surface area contributed by atoms with Crippen LogP contribution in [0, 0.1) is 15.0 Å². The van der Waals surface area contributed by atoms with Gasteiger partial charge < -0.3 is 26.6 Å². The molecule has 0 aliphatic carbocycles. The molecule has 4 rings (SSSR count). The van der Waals surface area contributed by atoms with Gasteiger partial charge in [-0.3, -0.25) is 4.98 Å². The van der Waals surface area contributed by atoms with Crippen molar-refractivity contribution in [2.24, 2.45) is 0 Å². The van der Waals surface area contributed by atoms with E-state index in [-0.39, 0.29) is 38.8 Å². The first kappa shape index (κ1) is 31.6. The van der Waals surface area contributed by atoms with Crippen molar-refractivity contribution in [3.05, 3.63) is 85.0 Å². The van der Waals surface area contributed by atoms with Gasteiger partial charge in [-0.25, -0.2) is 10.4 Å². The third kappa shape index (κ3) is 11.7. The van der Waals surface area contributed by atoms with Crippen molar-refractivity contribution in [3.8, 4) is 0 Å². The maximum Gasteiger partial charge on any atom is 0.472 e. The summed E-state index contributed by atoms with van der Waals surface area (Å²) in [4.78, 5) is 21.0. The standard InChI is InChI=1S/C20H25N4.Cd.H2NO3.HNO3.H2O/c1-3-9-22-17(5-1)19-13-16(15-7-11-21-12-8-15)14-20(24-19)18-6-2-4-10-23-18;;2*2-1(3)4;/h1,3,5,7-8,11-12,16,18-20H,2,4,6,9-10,13-14H2;;(H2,2,3,4);(H,2,3,4);1H2/q-3;;+1;;/p+1. The van der Waals surface area contributed by atoms with Crippen molar-refractivity contribution in [1.82, 2.24) is 4.98 Å². The Morgan fingerprint density at radius 2 is 1.71 bits per heavy atom. The molecular weight excluding hydrogens is 549 g/mol. The minimum atomic E-state index is -1.50. The van der Waals surface area contributed by atoms with E-state index in [9.17, 15) is 0 Å². The van der Waals surface area contributed by atoms with Crippen LogP contribution in [0.5, 0.6) is 0 Å². The van der Waals surface area contributed by atoms with E-state index in [1.807, 2.05) is 12.4 Å². The minimum Gasteiger partial charge on any atom is -0.686 e. The summed E-state index contributed by atoms with van der Waals surface area (Å²) in [7, 11) is 0. The van der Waals surface area contributed by atoms with Gasteiger partial charge >= 0.3 is 5.09 Å². The molecule has 3 aliphatic rings. The van der Waals surface area contributed by atoms with Gasteiger partial charge in [-0.1, -0.05) is 44.3 Å². The zero-order chi connectivity index (χ0) is 23.3. The quantitative estimate of drug-likeness (QED) is 0.210. The second-order valence-electron chi connectivity index (χ2n) is 7.50. The topological polar surface area (TPSA) is 212 Å². The van der Waals surface area contributed by atoms with Crippen LogP contribution in [-0.2, 0) is 32.8 Å². The predicted molar refractivity (Wildman–Crippen MR) is 119 cm³/mol. The van der Waals surface area contributed by atoms with E-state index in [0.29, 0.717) is 18.0 Å². The normalized spacial score (nSPS) is 25.1. The first-order valence-corrected chi connectivity index (χ1v) is 10.4. The number of rotatable bonds is 3. The van der Waals surface area contributed by atoms with Crippen molar-refractivity contribution < 1.29 is 58.6 Å². The molecule has 2 saturated heterocycles. The number of nitrogens with zero attached hydrogens (tertiary/aromatic N) is 6. The summed E-state index contributed by atoms with van der Waals surface area (Å²) < 4.78 is 0. The Bertz CT molecular complexity index is 773. The molecule has 0 radical (unpaired) electrons. The van der Waals surface area contributed by atoms with Crippen LogP contribution < -0.4 is 0 Å². The number of pyridine rings is 1. The van der Waals surface area contributed by atoms with E-state index in [0.717, 1.165) is 31.6 Å². The zero-order valence-electron chi connectivity index (χ0n) is 18.8. The Labute approximate surface area is 217 Å². The molecule has 13 nitrogen and oxygen atoms in total. The Balaban J connectivity index is 0.000000957. The second-order valence-corrected chi connectivity index (χ2v) is 7.50. The van der Waals surface area contributed by atoms with E-state index < -0.39 is 10.2 Å². The van der Waals surface area contributed by atoms with Crippen molar-refractivity contribution in [1.29, 1.82) is 0 Å². The van der Waals surface area contributed by atoms with Crippen molar-refractivity contribution in [2.75, 3.05) is 13.1 Å². The molecule has 2 fully saturated rings. The fourth-order valence-corrected chi connectivity index (χ4v) is 4.15. The van der Waals surface area contributed by atoms with Gasteiger partial charge in [0.05, 0.1) is 0 Å². The molecule has 14 heteroatoms. The average Bonchev–Trinajstić information content (AvgIpc) is 2.80. The van der Waals surface area contributed by atoms with Gasteiger partial charge in [-0.15, -0.1) is 35.3 Å². The van der Waals surface area contributed by atoms with Crippen LogP contribution in [0.2, 0.25) is 0 Å². The molecule has 0 aromatic carbocycles. The SMILES string of the molecule is C1=CC[N-]C(C2CC(c3ccncc3)CC(C3CCCC[N-]3)[N-]2)=C1.O=[N+](O)O.O=[N+]([O-])O.[Cd].[OH3+]. The Kier molecular flexibility index (Phi) is 15.9. The van der Waals surface area contributed by atoms with Crippen LogP contribution in [0.15, 0.2) is 48.5 Å². The first-order valence-electron chi connectivity index (χ1n) is 10.4. The Hall–Kier alpha value is -2.37. The van der Waals surface area contributed by atoms with Crippen LogP contribution in [0.3, 0.4) is 0 Å². The molecule has 1 aromatic rings. The van der Waals surface area contributed by atoms with Gasteiger partial charge in [0.15, 0.2) is 0 Å². The van der Waals surface area contributed by atoms with Gasteiger partial charge in [-0.2, -0.15) is 17.8 Å². The predicted octanol–water partition coefficient (Wildman–Crippen LogP) is 3.10. The third-order valence-corrected chi connectivity index (χ3v) is 5.42. The van der Waals surface area contributed by atoms with Crippen molar-refractivity contribution >= 4 is 0 Å². The molecule has 186 valence electrons. The monoisotopic (exact) mass is 581 g/mol. The maximum absolute atomic E-state index is 8.47. The van der Waals surface area contributed by atoms with Crippen molar-refractivity contribution in [2.45, 2.75) is 56.1 Å². The number of hydrogen-bond acceptors (Lipinski definition) is 4. The molecule has 0 amide bonds. The summed E-state index contributed by atoms with van der Waals surface area (Å²) in [6.07, 6.45) is 16.1. The smallest absolute Gasteiger partial charge is 0.472 e. The first-order chi connectivity index (χ1) is 15.4. The summed E-state index contributed by atoms with van der Waals surface area (Å²) in [6, 6.07) is 5.28. The van der Waals surface area contributed by atoms with Crippen LogP contribution in [0.4, 0.5) is 0 Å². The summed E-state index contributed by atoms with van der Waals surface area (Å²) >= 11 is 0. The fourth-order valence-electron chi connectivity index (χ4n) is 4.15. The minimum absolute atomic E-state index is 0. The van der Waals surface area contributed by atoms with Crippen molar-refractivity contribution in [3.63, 3.8) is 0 Å². The fraction of sp³-hybridized carbons (Fsp3) is 0.550. The molecule has 4 atom stereocenters. The van der Waals surface area contributed by atoms with Gasteiger partial charge in [0.2, 0.25) is 0 Å². The maximum atomic E-state index is 8.47. The molecule has 3 aliphatic heterocycles. The van der Waals surface area contributed by atoms with Crippen LogP contribution in [0.1, 0.15) is 43.6 Å². The van der Waals surface area contributed by atoms with E-state index in [4.69, 9.17) is 46.6 Å². The largest absolute Gasteiger partial charge is 0.686 e. The number of piperidine rings is 2. The Morgan fingerprint density at radius 3 is 2.24 bits per heavy atom. The summed E-state index contributed by atoms with van der Waals surface area (Å²) in [6.45, 7) is 1.80. The van der Waals surface area contributed by atoms with Gasteiger partial charge in [0.1, 0.15) is 4.91 Å². The molecular formula is C20H31CdN6O7-. The third-order valence-electron chi connectivity index (χ3n) is 5.42. The van der Waals surface area contributed by atoms with Crippen LogP contribution >= 0.6 is 0 Å². The number of aromatic nitrogens is 1.